The maximum absolute atomic E-state index is 6.20. The van der Waals surface area contributed by atoms with Gasteiger partial charge in [0.2, 0.25) is 0 Å². The fourth-order valence-corrected chi connectivity index (χ4v) is 4.41. The lowest BCUT2D eigenvalue weighted by molar-refractivity contribution is -0.0453. The number of hydrogen-bond donors (Lipinski definition) is 0. The quantitative estimate of drug-likeness (QED) is 0.848. The van der Waals surface area contributed by atoms with Crippen molar-refractivity contribution in [3.63, 3.8) is 0 Å². The van der Waals surface area contributed by atoms with Crippen molar-refractivity contribution in [2.75, 3.05) is 19.7 Å². The molecule has 3 heterocycles. The summed E-state index contributed by atoms with van der Waals surface area (Å²) in [5.74, 6) is 0.952. The Morgan fingerprint density at radius 3 is 2.70 bits per heavy atom. The number of likely N-dealkylation sites (tertiary alicyclic amines) is 1. The number of thiophene rings is 1. The molecule has 1 aromatic heterocycles. The van der Waals surface area contributed by atoms with Gasteiger partial charge in [0.1, 0.15) is 11.9 Å². The third-order valence-corrected chi connectivity index (χ3v) is 5.81. The van der Waals surface area contributed by atoms with Crippen molar-refractivity contribution in [3.8, 4) is 5.75 Å². The van der Waals surface area contributed by atoms with Crippen molar-refractivity contribution in [1.82, 2.24) is 4.90 Å². The van der Waals surface area contributed by atoms with E-state index in [1.807, 2.05) is 41.7 Å². The van der Waals surface area contributed by atoms with Crippen LogP contribution in [0.2, 0.25) is 0 Å². The van der Waals surface area contributed by atoms with Crippen molar-refractivity contribution in [2.24, 2.45) is 0 Å². The minimum Gasteiger partial charge on any atom is -0.488 e. The van der Waals surface area contributed by atoms with E-state index < -0.39 is 0 Å². The van der Waals surface area contributed by atoms with Crippen LogP contribution in [0.4, 0.5) is 0 Å². The molecule has 1 aromatic carbocycles. The van der Waals surface area contributed by atoms with Gasteiger partial charge >= 0.3 is 0 Å². The Morgan fingerprint density at radius 1 is 1.13 bits per heavy atom. The molecule has 0 amide bonds. The molecular formula is C19H23NO2S. The van der Waals surface area contributed by atoms with Crippen LogP contribution in [-0.2, 0) is 11.3 Å². The maximum atomic E-state index is 6.20. The Labute approximate surface area is 141 Å². The van der Waals surface area contributed by atoms with Gasteiger partial charge in [0.25, 0.3) is 0 Å². The Kier molecular flexibility index (Phi) is 4.38. The molecule has 2 aliphatic rings. The second kappa shape index (κ2) is 6.63. The van der Waals surface area contributed by atoms with Crippen LogP contribution >= 0.6 is 11.3 Å². The number of para-hydroxylation sites is 1. The Morgan fingerprint density at radius 2 is 1.96 bits per heavy atom. The molecule has 1 atom stereocenters. The molecule has 0 N–H and O–H groups in total. The zero-order valence-corrected chi connectivity index (χ0v) is 14.1. The normalized spacial score (nSPS) is 24.1. The summed E-state index contributed by atoms with van der Waals surface area (Å²) in [6.07, 6.45) is 3.45. The lowest BCUT2D eigenvalue weighted by Gasteiger charge is -2.38. The summed E-state index contributed by atoms with van der Waals surface area (Å²) in [7, 11) is 0. The lowest BCUT2D eigenvalue weighted by Crippen LogP contribution is -2.43. The van der Waals surface area contributed by atoms with E-state index >= 15 is 0 Å². The van der Waals surface area contributed by atoms with E-state index in [0.717, 1.165) is 51.3 Å². The van der Waals surface area contributed by atoms with Crippen LogP contribution in [0.5, 0.6) is 5.75 Å². The van der Waals surface area contributed by atoms with E-state index in [2.05, 4.69) is 22.4 Å². The van der Waals surface area contributed by atoms with Crippen molar-refractivity contribution >= 4 is 11.3 Å². The van der Waals surface area contributed by atoms with Crippen molar-refractivity contribution in [2.45, 2.75) is 37.5 Å². The molecule has 23 heavy (non-hydrogen) atoms. The highest BCUT2D eigenvalue weighted by atomic mass is 32.1. The standard InChI is InChI=1S/C19H23NO2S/c1-2-5-16(6-3-1)22-17-13-19(21-15-17)8-10-20(11-9-19)14-18-7-4-12-23-18/h1-7,12,17H,8-11,13-15H2/t17-/m0/s1. The van der Waals surface area contributed by atoms with Crippen LogP contribution < -0.4 is 4.74 Å². The summed E-state index contributed by atoms with van der Waals surface area (Å²) >= 11 is 1.85. The highest BCUT2D eigenvalue weighted by Crippen LogP contribution is 2.37. The van der Waals surface area contributed by atoms with E-state index in [0.29, 0.717) is 0 Å². The van der Waals surface area contributed by atoms with E-state index in [-0.39, 0.29) is 11.7 Å². The molecule has 4 rings (SSSR count). The number of hydrogen-bond acceptors (Lipinski definition) is 4. The summed E-state index contributed by atoms with van der Waals surface area (Å²) in [6, 6.07) is 14.5. The first-order valence-electron chi connectivity index (χ1n) is 8.42. The molecule has 3 nitrogen and oxygen atoms in total. The van der Waals surface area contributed by atoms with Crippen LogP contribution in [0.15, 0.2) is 47.8 Å². The number of benzene rings is 1. The molecule has 0 aliphatic carbocycles. The largest absolute Gasteiger partial charge is 0.488 e. The average Bonchev–Trinajstić information content (AvgIpc) is 3.22. The van der Waals surface area contributed by atoms with Gasteiger partial charge in [-0.1, -0.05) is 24.3 Å². The van der Waals surface area contributed by atoms with E-state index in [1.165, 1.54) is 4.88 Å². The van der Waals surface area contributed by atoms with Gasteiger partial charge in [-0.15, -0.1) is 11.3 Å². The summed E-state index contributed by atoms with van der Waals surface area (Å²) < 4.78 is 12.3. The Balaban J connectivity index is 1.29. The molecular weight excluding hydrogens is 306 g/mol. The number of rotatable bonds is 4. The molecule has 2 fully saturated rings. The first-order valence-corrected chi connectivity index (χ1v) is 9.30. The molecule has 4 heteroatoms. The van der Waals surface area contributed by atoms with Gasteiger partial charge < -0.3 is 9.47 Å². The highest BCUT2D eigenvalue weighted by Gasteiger charge is 2.43. The van der Waals surface area contributed by atoms with Crippen LogP contribution in [0.1, 0.15) is 24.1 Å². The topological polar surface area (TPSA) is 21.7 Å². The van der Waals surface area contributed by atoms with Crippen LogP contribution in [0.3, 0.4) is 0 Å². The average molecular weight is 329 g/mol. The van der Waals surface area contributed by atoms with Gasteiger partial charge in [-0.3, -0.25) is 4.90 Å². The third-order valence-electron chi connectivity index (χ3n) is 4.95. The number of nitrogens with zero attached hydrogens (tertiary/aromatic N) is 1. The summed E-state index contributed by atoms with van der Waals surface area (Å²) in [6.45, 7) is 4.05. The van der Waals surface area contributed by atoms with Crippen molar-refractivity contribution in [3.05, 3.63) is 52.7 Å². The Bertz CT molecular complexity index is 606. The predicted octanol–water partition coefficient (Wildman–Crippen LogP) is 3.95. The fraction of sp³-hybridized carbons (Fsp3) is 0.474. The summed E-state index contributed by atoms with van der Waals surface area (Å²) in [5, 5.41) is 2.16. The monoisotopic (exact) mass is 329 g/mol. The van der Waals surface area contributed by atoms with E-state index in [4.69, 9.17) is 9.47 Å². The summed E-state index contributed by atoms with van der Waals surface area (Å²) in [5.41, 5.74) is 0.0470. The number of piperidine rings is 1. The first kappa shape index (κ1) is 15.2. The molecule has 1 spiro atoms. The minimum atomic E-state index is 0.0470. The van der Waals surface area contributed by atoms with Gasteiger partial charge in [0.05, 0.1) is 12.2 Å². The fourth-order valence-electron chi connectivity index (χ4n) is 3.66. The molecule has 0 saturated carbocycles. The molecule has 122 valence electrons. The zero-order chi connectivity index (χ0) is 15.5. The van der Waals surface area contributed by atoms with Crippen molar-refractivity contribution in [1.29, 1.82) is 0 Å². The predicted molar refractivity (Wildman–Crippen MR) is 93.0 cm³/mol. The van der Waals surface area contributed by atoms with Crippen LogP contribution in [0.25, 0.3) is 0 Å². The lowest BCUT2D eigenvalue weighted by atomic mass is 9.88. The van der Waals surface area contributed by atoms with Gasteiger partial charge in [-0.05, 0) is 36.4 Å². The van der Waals surface area contributed by atoms with E-state index in [1.54, 1.807) is 0 Å². The zero-order valence-electron chi connectivity index (χ0n) is 13.3. The van der Waals surface area contributed by atoms with Gasteiger partial charge in [0, 0.05) is 30.9 Å². The van der Waals surface area contributed by atoms with Gasteiger partial charge in [0.15, 0.2) is 0 Å². The van der Waals surface area contributed by atoms with Gasteiger partial charge in [-0.2, -0.15) is 0 Å². The molecule has 2 saturated heterocycles. The first-order chi connectivity index (χ1) is 11.3. The summed E-state index contributed by atoms with van der Waals surface area (Å²) in [4.78, 5) is 4.00. The molecule has 2 aliphatic heterocycles. The maximum Gasteiger partial charge on any atom is 0.125 e. The Hall–Kier alpha value is -1.36. The van der Waals surface area contributed by atoms with Crippen LogP contribution in [-0.4, -0.2) is 36.3 Å². The number of ether oxygens (including phenoxy) is 2. The third kappa shape index (κ3) is 3.60. The highest BCUT2D eigenvalue weighted by molar-refractivity contribution is 7.09. The van der Waals surface area contributed by atoms with Crippen molar-refractivity contribution < 1.29 is 9.47 Å². The van der Waals surface area contributed by atoms with E-state index in [9.17, 15) is 0 Å². The molecule has 0 unspecified atom stereocenters. The minimum absolute atomic E-state index is 0.0470. The molecule has 0 bridgehead atoms. The second-order valence-corrected chi connectivity index (χ2v) is 7.64. The SMILES string of the molecule is c1ccc(O[C@@H]2COC3(CCN(Cc4cccs4)CC3)C2)cc1. The van der Waals surface area contributed by atoms with Gasteiger partial charge in [-0.25, -0.2) is 0 Å². The molecule has 0 radical (unpaired) electrons. The smallest absolute Gasteiger partial charge is 0.125 e. The van der Waals surface area contributed by atoms with Crippen LogP contribution in [0, 0.1) is 0 Å². The molecule has 2 aromatic rings. The second-order valence-electron chi connectivity index (χ2n) is 6.61.